The third-order valence-electron chi connectivity index (χ3n) is 3.54. The summed E-state index contributed by atoms with van der Waals surface area (Å²) >= 11 is 0. The molecule has 1 heterocycles. The Morgan fingerprint density at radius 1 is 1.25 bits per heavy atom. The largest absolute Gasteiger partial charge is 0.369 e. The Balaban J connectivity index is 1.89. The van der Waals surface area contributed by atoms with E-state index in [1.807, 2.05) is 0 Å². The summed E-state index contributed by atoms with van der Waals surface area (Å²) in [6, 6.07) is 8.46. The zero-order valence-electron chi connectivity index (χ0n) is 9.16. The minimum absolute atomic E-state index is 0.0191. The average Bonchev–Trinajstić information content (AvgIpc) is 2.28. The first-order chi connectivity index (χ1) is 7.77. The van der Waals surface area contributed by atoms with E-state index in [4.69, 9.17) is 4.74 Å². The molecule has 2 aliphatic rings. The second kappa shape index (κ2) is 3.59. The van der Waals surface area contributed by atoms with Gasteiger partial charge in [-0.05, 0) is 30.4 Å². The van der Waals surface area contributed by atoms with Gasteiger partial charge in [-0.15, -0.1) is 0 Å². The van der Waals surface area contributed by atoms with Gasteiger partial charge in [0.1, 0.15) is 6.61 Å². The summed E-state index contributed by atoms with van der Waals surface area (Å²) in [7, 11) is 0. The Morgan fingerprint density at radius 3 is 2.88 bits per heavy atom. The summed E-state index contributed by atoms with van der Waals surface area (Å²) in [5.74, 6) is 0.0191. The third-order valence-corrected chi connectivity index (χ3v) is 3.54. The molecule has 1 aliphatic carbocycles. The van der Waals surface area contributed by atoms with E-state index in [2.05, 4.69) is 29.6 Å². The molecule has 84 valence electrons. The molecule has 0 bridgehead atoms. The van der Waals surface area contributed by atoms with Crippen LogP contribution in [0, 0.1) is 0 Å². The fraction of sp³-hybridized carbons (Fsp3) is 0.462. The van der Waals surface area contributed by atoms with Gasteiger partial charge in [0.25, 0.3) is 0 Å². The van der Waals surface area contributed by atoms with E-state index in [9.17, 15) is 4.79 Å². The Labute approximate surface area is 94.8 Å². The molecule has 1 aromatic carbocycles. The van der Waals surface area contributed by atoms with Crippen molar-refractivity contribution in [2.45, 2.75) is 24.8 Å². The molecule has 3 heteroatoms. The number of carbonyl (C=O) groups excluding carboxylic acids is 1. The maximum atomic E-state index is 11.4. The molecule has 0 radical (unpaired) electrons. The molecular weight excluding hydrogens is 202 g/mol. The van der Waals surface area contributed by atoms with Crippen LogP contribution in [0.5, 0.6) is 0 Å². The first kappa shape index (κ1) is 9.85. The molecule has 1 amide bonds. The Morgan fingerprint density at radius 2 is 2.06 bits per heavy atom. The molecule has 1 aliphatic heterocycles. The molecule has 1 fully saturated rings. The topological polar surface area (TPSA) is 38.3 Å². The second-order valence-electron chi connectivity index (χ2n) is 4.77. The van der Waals surface area contributed by atoms with Crippen molar-refractivity contribution in [3.05, 3.63) is 35.4 Å². The van der Waals surface area contributed by atoms with E-state index in [1.165, 1.54) is 11.1 Å². The molecule has 0 saturated carbocycles. The summed E-state index contributed by atoms with van der Waals surface area (Å²) in [6.07, 6.45) is 2.91. The van der Waals surface area contributed by atoms with E-state index in [0.717, 1.165) is 19.3 Å². The molecule has 1 atom stereocenters. The van der Waals surface area contributed by atoms with Gasteiger partial charge < -0.3 is 10.1 Å². The van der Waals surface area contributed by atoms with E-state index >= 15 is 0 Å². The van der Waals surface area contributed by atoms with Gasteiger partial charge in [-0.25, -0.2) is 0 Å². The molecule has 3 rings (SSSR count). The summed E-state index contributed by atoms with van der Waals surface area (Å²) in [4.78, 5) is 11.4. The predicted molar refractivity (Wildman–Crippen MR) is 60.2 cm³/mol. The van der Waals surface area contributed by atoms with Crippen LogP contribution in [0.15, 0.2) is 24.3 Å². The van der Waals surface area contributed by atoms with Crippen LogP contribution in [0.1, 0.15) is 17.5 Å². The lowest BCUT2D eigenvalue weighted by molar-refractivity contribution is -0.135. The number of hydrogen-bond acceptors (Lipinski definition) is 2. The fourth-order valence-corrected chi connectivity index (χ4v) is 2.74. The van der Waals surface area contributed by atoms with Crippen LogP contribution in [0.3, 0.4) is 0 Å². The second-order valence-corrected chi connectivity index (χ2v) is 4.77. The van der Waals surface area contributed by atoms with Gasteiger partial charge in [0.05, 0.1) is 12.1 Å². The molecule has 1 N–H and O–H groups in total. The van der Waals surface area contributed by atoms with Crippen molar-refractivity contribution in [2.24, 2.45) is 0 Å². The normalized spacial score (nSPS) is 28.6. The highest BCUT2D eigenvalue weighted by molar-refractivity contribution is 5.79. The monoisotopic (exact) mass is 217 g/mol. The van der Waals surface area contributed by atoms with Gasteiger partial charge in [0.2, 0.25) is 5.91 Å². The van der Waals surface area contributed by atoms with Gasteiger partial charge in [-0.1, -0.05) is 24.3 Å². The van der Waals surface area contributed by atoms with Crippen molar-refractivity contribution in [1.82, 2.24) is 5.32 Å². The SMILES string of the molecule is O=C1COCC2(CCc3ccccc3C2)N1. The summed E-state index contributed by atoms with van der Waals surface area (Å²) < 4.78 is 5.38. The van der Waals surface area contributed by atoms with Crippen molar-refractivity contribution < 1.29 is 9.53 Å². The molecule has 3 nitrogen and oxygen atoms in total. The predicted octanol–water partition coefficient (Wildman–Crippen LogP) is 1.06. The average molecular weight is 217 g/mol. The summed E-state index contributed by atoms with van der Waals surface area (Å²) in [6.45, 7) is 0.858. The van der Waals surface area contributed by atoms with Gasteiger partial charge in [0, 0.05) is 0 Å². The van der Waals surface area contributed by atoms with Crippen LogP contribution in [-0.2, 0) is 22.4 Å². The van der Waals surface area contributed by atoms with Crippen molar-refractivity contribution >= 4 is 5.91 Å². The summed E-state index contributed by atoms with van der Waals surface area (Å²) in [5.41, 5.74) is 2.61. The number of ether oxygens (including phenoxy) is 1. The highest BCUT2D eigenvalue weighted by Gasteiger charge is 2.38. The Kier molecular flexibility index (Phi) is 2.21. The van der Waals surface area contributed by atoms with Crippen molar-refractivity contribution in [2.75, 3.05) is 13.2 Å². The van der Waals surface area contributed by atoms with Crippen LogP contribution in [0.25, 0.3) is 0 Å². The van der Waals surface area contributed by atoms with Crippen molar-refractivity contribution in [3.63, 3.8) is 0 Å². The van der Waals surface area contributed by atoms with Crippen molar-refractivity contribution in [1.29, 1.82) is 0 Å². The number of morpholine rings is 1. The number of aryl methyl sites for hydroxylation is 1. The van der Waals surface area contributed by atoms with Gasteiger partial charge in [-0.2, -0.15) is 0 Å². The summed E-state index contributed by atoms with van der Waals surface area (Å²) in [5, 5.41) is 3.11. The number of benzene rings is 1. The number of rotatable bonds is 0. The van der Waals surface area contributed by atoms with E-state index in [0.29, 0.717) is 6.61 Å². The lowest BCUT2D eigenvalue weighted by atomic mass is 9.78. The number of nitrogens with one attached hydrogen (secondary N) is 1. The minimum atomic E-state index is -0.149. The van der Waals surface area contributed by atoms with Crippen LogP contribution in [0.2, 0.25) is 0 Å². The first-order valence-corrected chi connectivity index (χ1v) is 5.73. The lowest BCUT2D eigenvalue weighted by Crippen LogP contribution is -2.59. The molecule has 1 unspecified atom stereocenters. The standard InChI is InChI=1S/C13H15NO2/c15-12-8-16-9-13(14-12)6-5-10-3-1-2-4-11(10)7-13/h1-4H,5-9H2,(H,14,15). The van der Waals surface area contributed by atoms with E-state index in [1.54, 1.807) is 0 Å². The Bertz CT molecular complexity index is 430. The van der Waals surface area contributed by atoms with Gasteiger partial charge in [-0.3, -0.25) is 4.79 Å². The Hall–Kier alpha value is -1.35. The van der Waals surface area contributed by atoms with Crippen LogP contribution >= 0.6 is 0 Å². The molecular formula is C13H15NO2. The lowest BCUT2D eigenvalue weighted by Gasteiger charge is -2.41. The zero-order valence-corrected chi connectivity index (χ0v) is 9.16. The van der Waals surface area contributed by atoms with Crippen LogP contribution < -0.4 is 5.32 Å². The molecule has 1 saturated heterocycles. The highest BCUT2D eigenvalue weighted by Crippen LogP contribution is 2.30. The van der Waals surface area contributed by atoms with Crippen LogP contribution in [0.4, 0.5) is 0 Å². The fourth-order valence-electron chi connectivity index (χ4n) is 2.74. The molecule has 0 aromatic heterocycles. The van der Waals surface area contributed by atoms with Gasteiger partial charge in [0.15, 0.2) is 0 Å². The van der Waals surface area contributed by atoms with Crippen molar-refractivity contribution in [3.8, 4) is 0 Å². The minimum Gasteiger partial charge on any atom is -0.369 e. The van der Waals surface area contributed by atoms with Crippen LogP contribution in [-0.4, -0.2) is 24.7 Å². The number of amides is 1. The first-order valence-electron chi connectivity index (χ1n) is 5.73. The molecule has 1 aromatic rings. The third kappa shape index (κ3) is 1.61. The molecule has 16 heavy (non-hydrogen) atoms. The van der Waals surface area contributed by atoms with E-state index < -0.39 is 0 Å². The number of fused-ring (bicyclic) bond motifs is 1. The maximum absolute atomic E-state index is 11.4. The van der Waals surface area contributed by atoms with Gasteiger partial charge >= 0.3 is 0 Å². The highest BCUT2D eigenvalue weighted by atomic mass is 16.5. The van der Waals surface area contributed by atoms with E-state index in [-0.39, 0.29) is 18.1 Å². The number of carbonyl (C=O) groups is 1. The zero-order chi connectivity index (χ0) is 11.0. The quantitative estimate of drug-likeness (QED) is 0.705. The number of hydrogen-bond donors (Lipinski definition) is 1. The smallest absolute Gasteiger partial charge is 0.246 e. The molecule has 1 spiro atoms. The maximum Gasteiger partial charge on any atom is 0.246 e.